The van der Waals surface area contributed by atoms with E-state index in [1.54, 1.807) is 31.2 Å². The van der Waals surface area contributed by atoms with Crippen LogP contribution in [-0.2, 0) is 25.5 Å². The van der Waals surface area contributed by atoms with Gasteiger partial charge >= 0.3 is 23.9 Å². The largest absolute Gasteiger partial charge is 0.462 e. The number of carbonyl (C=O) groups excluding carboxylic acids is 4. The topological polar surface area (TPSA) is 110 Å². The zero-order valence-corrected chi connectivity index (χ0v) is 46.8. The molecule has 0 aliphatic rings. The maximum atomic E-state index is 14.7. The van der Waals surface area contributed by atoms with E-state index in [2.05, 4.69) is 92.3 Å². The molecule has 8 rings (SSSR count). The predicted molar refractivity (Wildman–Crippen MR) is 314 cm³/mol. The Morgan fingerprint density at radius 3 is 1.42 bits per heavy atom. The normalized spacial score (nSPS) is 11.9. The van der Waals surface area contributed by atoms with E-state index >= 15 is 0 Å². The molecule has 77 heavy (non-hydrogen) atoms. The van der Waals surface area contributed by atoms with Gasteiger partial charge in [-0.1, -0.05) is 135 Å². The summed E-state index contributed by atoms with van der Waals surface area (Å²) in [6.45, 7) is 20.6. The van der Waals surface area contributed by atoms with Crippen molar-refractivity contribution in [1.29, 1.82) is 0 Å². The Bertz CT molecular complexity index is 3630. The van der Waals surface area contributed by atoms with Gasteiger partial charge < -0.3 is 23.5 Å². The molecule has 0 spiro atoms. The van der Waals surface area contributed by atoms with Gasteiger partial charge in [-0.15, -0.1) is 5.92 Å². The van der Waals surface area contributed by atoms with Gasteiger partial charge in [0, 0.05) is 77.4 Å². The van der Waals surface area contributed by atoms with Gasteiger partial charge in [-0.05, 0) is 123 Å². The van der Waals surface area contributed by atoms with Crippen molar-refractivity contribution >= 4 is 88.8 Å². The first kappa shape index (κ1) is 55.9. The van der Waals surface area contributed by atoms with E-state index in [0.717, 1.165) is 55.1 Å². The van der Waals surface area contributed by atoms with Gasteiger partial charge in [-0.25, -0.2) is 19.2 Å². The van der Waals surface area contributed by atoms with Crippen LogP contribution >= 0.6 is 0 Å². The third kappa shape index (κ3) is 12.0. The van der Waals surface area contributed by atoms with Crippen LogP contribution in [0.15, 0.2) is 72.8 Å². The SMILES string of the molecule is CC#Cc1cc(C(=O)OCCCC)c2c(C(=O)OCCCC)ccc3c4c(C#Cc5ccc6c(c5)c5cc(C)ccc5n6CC[C@@H](C)CCCC(C)C)cc(C(=O)OCCCC)c5c(C(=O)OCCCC)ccc(c1c23)c54. The second kappa shape index (κ2) is 25.7. The molecule has 1 aromatic heterocycles. The summed E-state index contributed by atoms with van der Waals surface area (Å²) < 4.78 is 26.2. The molecule has 9 heteroatoms. The summed E-state index contributed by atoms with van der Waals surface area (Å²) in [4.78, 5) is 57.9. The molecule has 0 unspecified atom stereocenters. The van der Waals surface area contributed by atoms with E-state index < -0.39 is 23.9 Å². The van der Waals surface area contributed by atoms with E-state index in [1.807, 2.05) is 39.8 Å². The lowest BCUT2D eigenvalue weighted by atomic mass is 9.81. The van der Waals surface area contributed by atoms with Gasteiger partial charge in [-0.3, -0.25) is 0 Å². The highest BCUT2D eigenvalue weighted by Gasteiger charge is 2.30. The Hall–Kier alpha value is -7.36. The molecule has 0 aliphatic heterocycles. The highest BCUT2D eigenvalue weighted by molar-refractivity contribution is 6.40. The van der Waals surface area contributed by atoms with Crippen LogP contribution in [0.5, 0.6) is 0 Å². The summed E-state index contributed by atoms with van der Waals surface area (Å²) in [5.41, 5.74) is 6.07. The van der Waals surface area contributed by atoms with Crippen LogP contribution in [0.3, 0.4) is 0 Å². The molecule has 0 amide bonds. The first-order valence-corrected chi connectivity index (χ1v) is 28.3. The third-order valence-corrected chi connectivity index (χ3v) is 14.9. The highest BCUT2D eigenvalue weighted by atomic mass is 16.5. The Morgan fingerprint density at radius 1 is 0.468 bits per heavy atom. The molecule has 0 aliphatic carbocycles. The molecule has 1 atom stereocenters. The van der Waals surface area contributed by atoms with E-state index in [1.165, 1.54) is 35.7 Å². The quantitative estimate of drug-likeness (QED) is 0.0156. The summed E-state index contributed by atoms with van der Waals surface area (Å²) in [5, 5.41) is 6.72. The summed E-state index contributed by atoms with van der Waals surface area (Å²) >= 11 is 0. The van der Waals surface area contributed by atoms with Crippen LogP contribution in [0.4, 0.5) is 0 Å². The van der Waals surface area contributed by atoms with Crippen LogP contribution in [0.25, 0.3) is 64.9 Å². The van der Waals surface area contributed by atoms with Crippen molar-refractivity contribution in [2.75, 3.05) is 26.4 Å². The smallest absolute Gasteiger partial charge is 0.338 e. The Morgan fingerprint density at radius 2 is 0.935 bits per heavy atom. The Kier molecular flexibility index (Phi) is 18.6. The minimum absolute atomic E-state index is 0.177. The van der Waals surface area contributed by atoms with Crippen LogP contribution in [-0.4, -0.2) is 54.9 Å². The number of rotatable bonds is 23. The molecule has 0 N–H and O–H groups in total. The molecule has 0 saturated heterocycles. The Labute approximate surface area is 454 Å². The summed E-state index contributed by atoms with van der Waals surface area (Å²) in [7, 11) is 0. The van der Waals surface area contributed by atoms with Crippen molar-refractivity contribution in [2.24, 2.45) is 11.8 Å². The number of unbranched alkanes of at least 4 members (excludes halogenated alkanes) is 4. The fourth-order valence-corrected chi connectivity index (χ4v) is 10.7. The van der Waals surface area contributed by atoms with Gasteiger partial charge in [0.1, 0.15) is 0 Å². The molecule has 0 saturated carbocycles. The monoisotopic (exact) mass is 1030 g/mol. The van der Waals surface area contributed by atoms with Crippen molar-refractivity contribution in [3.8, 4) is 23.7 Å². The molecule has 0 fully saturated rings. The average molecular weight is 1030 g/mol. The van der Waals surface area contributed by atoms with Gasteiger partial charge in [0.25, 0.3) is 0 Å². The number of benzene rings is 7. The molecule has 9 nitrogen and oxygen atoms in total. The van der Waals surface area contributed by atoms with E-state index in [-0.39, 0.29) is 48.7 Å². The van der Waals surface area contributed by atoms with Crippen molar-refractivity contribution in [2.45, 2.75) is 146 Å². The van der Waals surface area contributed by atoms with Crippen molar-refractivity contribution in [3.63, 3.8) is 0 Å². The average Bonchev–Trinajstić information content (AvgIpc) is 3.84. The maximum absolute atomic E-state index is 14.7. The molecule has 1 heterocycles. The fourth-order valence-electron chi connectivity index (χ4n) is 10.7. The van der Waals surface area contributed by atoms with Gasteiger partial charge in [0.2, 0.25) is 0 Å². The number of aryl methyl sites for hydroxylation is 2. The highest BCUT2D eigenvalue weighted by Crippen LogP contribution is 2.47. The second-order valence-electron chi connectivity index (χ2n) is 21.2. The van der Waals surface area contributed by atoms with E-state index in [0.29, 0.717) is 91.7 Å². The molecule has 7 aromatic carbocycles. The summed E-state index contributed by atoms with van der Waals surface area (Å²) in [5.74, 6) is 12.4. The number of hydrogen-bond acceptors (Lipinski definition) is 8. The van der Waals surface area contributed by atoms with Gasteiger partial charge in [0.15, 0.2) is 0 Å². The number of fused-ring (bicyclic) bond motifs is 5. The van der Waals surface area contributed by atoms with Gasteiger partial charge in [0.05, 0.1) is 48.7 Å². The number of nitrogens with zero attached hydrogens (tertiary/aromatic N) is 1. The van der Waals surface area contributed by atoms with Crippen LogP contribution in [0, 0.1) is 42.4 Å². The lowest BCUT2D eigenvalue weighted by molar-refractivity contribution is 0.0485. The molecule has 400 valence electrons. The lowest BCUT2D eigenvalue weighted by Gasteiger charge is -2.22. The number of aromatic nitrogens is 1. The molecule has 8 aromatic rings. The number of ether oxygens (including phenoxy) is 4. The minimum Gasteiger partial charge on any atom is -0.462 e. The zero-order valence-electron chi connectivity index (χ0n) is 46.8. The summed E-state index contributed by atoms with van der Waals surface area (Å²) in [6.07, 6.45) is 10.7. The number of esters is 4. The number of carbonyl (C=O) groups is 4. The Balaban J connectivity index is 1.45. The van der Waals surface area contributed by atoms with E-state index in [4.69, 9.17) is 18.9 Å². The van der Waals surface area contributed by atoms with Crippen molar-refractivity contribution in [1.82, 2.24) is 4.57 Å². The van der Waals surface area contributed by atoms with Crippen LogP contribution < -0.4 is 0 Å². The summed E-state index contributed by atoms with van der Waals surface area (Å²) in [6, 6.07) is 23.6. The molecular weight excluding hydrogens is 959 g/mol. The lowest BCUT2D eigenvalue weighted by Crippen LogP contribution is -2.14. The van der Waals surface area contributed by atoms with Crippen LogP contribution in [0.1, 0.15) is 196 Å². The molecular formula is C68H75NO8. The first-order chi connectivity index (χ1) is 37.3. The van der Waals surface area contributed by atoms with Gasteiger partial charge in [-0.2, -0.15) is 0 Å². The fraction of sp³-hybridized carbons (Fsp3) is 0.412. The maximum Gasteiger partial charge on any atom is 0.338 e. The van der Waals surface area contributed by atoms with Crippen molar-refractivity contribution < 1.29 is 38.1 Å². The van der Waals surface area contributed by atoms with Crippen LogP contribution in [0.2, 0.25) is 0 Å². The number of hydrogen-bond donors (Lipinski definition) is 0. The first-order valence-electron chi connectivity index (χ1n) is 28.3. The zero-order chi connectivity index (χ0) is 54.8. The minimum atomic E-state index is -0.591. The molecule has 0 radical (unpaired) electrons. The molecule has 0 bridgehead atoms. The third-order valence-electron chi connectivity index (χ3n) is 14.9. The van der Waals surface area contributed by atoms with E-state index in [9.17, 15) is 19.2 Å². The van der Waals surface area contributed by atoms with Crippen molar-refractivity contribution in [3.05, 3.63) is 117 Å². The standard InChI is InChI=1S/C68H75NO8/c1-10-15-35-74-65(70)51-30-28-50-60-48(26-24-46-25-32-58-54(40-46)53-39-45(9)23-31-57(53)69(58)34-33-44(8)22-19-21-43(6)7)42-56(68(73)77-38-18-13-4)62-52(66(71)75-36-16-11-2)29-27-49(64(60)62)59-47(20-14-5)41-55(61(51)63(50)59)67(72)76-37-17-12-3/h23,25,27-32,39-44H,10-13,15-19,21-22,33-38H2,1-9H3/t44-/m0/s1. The second-order valence-corrected chi connectivity index (χ2v) is 21.2. The predicted octanol–water partition coefficient (Wildman–Crippen LogP) is 16.6.